The Morgan fingerprint density at radius 3 is 2.22 bits per heavy atom. The lowest BCUT2D eigenvalue weighted by Crippen LogP contribution is -2.44. The SMILES string of the molecule is CSc1n[nH]c(C2C3CC4CC(C3)CC2C4)c1N. The van der Waals surface area contributed by atoms with Gasteiger partial charge in [-0.05, 0) is 62.0 Å². The van der Waals surface area contributed by atoms with E-state index in [9.17, 15) is 0 Å². The first-order valence-corrected chi connectivity index (χ1v) is 8.36. The zero-order valence-electron chi connectivity index (χ0n) is 10.9. The molecule has 4 heteroatoms. The highest BCUT2D eigenvalue weighted by atomic mass is 32.2. The van der Waals surface area contributed by atoms with E-state index in [1.807, 2.05) is 6.26 Å². The van der Waals surface area contributed by atoms with Gasteiger partial charge in [-0.2, -0.15) is 5.10 Å². The maximum atomic E-state index is 6.28. The van der Waals surface area contributed by atoms with Crippen LogP contribution in [0.5, 0.6) is 0 Å². The summed E-state index contributed by atoms with van der Waals surface area (Å²) in [7, 11) is 0. The molecule has 1 aromatic rings. The molecule has 4 aliphatic carbocycles. The van der Waals surface area contributed by atoms with Crippen LogP contribution >= 0.6 is 11.8 Å². The average Bonchev–Trinajstić information content (AvgIpc) is 2.70. The minimum atomic E-state index is 0.672. The monoisotopic (exact) mass is 263 g/mol. The van der Waals surface area contributed by atoms with Gasteiger partial charge < -0.3 is 5.73 Å². The highest BCUT2D eigenvalue weighted by molar-refractivity contribution is 7.98. The van der Waals surface area contributed by atoms with Gasteiger partial charge in [-0.15, -0.1) is 11.8 Å². The summed E-state index contributed by atoms with van der Waals surface area (Å²) >= 11 is 1.65. The molecule has 5 rings (SSSR count). The summed E-state index contributed by atoms with van der Waals surface area (Å²) in [5.41, 5.74) is 8.47. The lowest BCUT2D eigenvalue weighted by molar-refractivity contribution is -0.00393. The van der Waals surface area contributed by atoms with Gasteiger partial charge in [0.05, 0.1) is 11.4 Å². The Hall–Kier alpha value is -0.640. The Labute approximate surface area is 112 Å². The quantitative estimate of drug-likeness (QED) is 0.805. The number of aromatic amines is 1. The van der Waals surface area contributed by atoms with Crippen LogP contribution in [0.1, 0.15) is 43.7 Å². The van der Waals surface area contributed by atoms with Gasteiger partial charge in [0.25, 0.3) is 0 Å². The van der Waals surface area contributed by atoms with E-state index in [1.54, 1.807) is 11.8 Å². The Morgan fingerprint density at radius 1 is 1.11 bits per heavy atom. The molecule has 4 bridgehead atoms. The van der Waals surface area contributed by atoms with Crippen LogP contribution in [0.2, 0.25) is 0 Å². The van der Waals surface area contributed by atoms with Crippen molar-refractivity contribution in [2.45, 2.75) is 43.0 Å². The van der Waals surface area contributed by atoms with Crippen molar-refractivity contribution < 1.29 is 0 Å². The molecule has 3 N–H and O–H groups in total. The third-order valence-electron chi connectivity index (χ3n) is 5.55. The minimum Gasteiger partial charge on any atom is -0.395 e. The number of nitrogen functional groups attached to an aromatic ring is 1. The van der Waals surface area contributed by atoms with Gasteiger partial charge in [0, 0.05) is 5.92 Å². The van der Waals surface area contributed by atoms with Crippen LogP contribution < -0.4 is 5.73 Å². The van der Waals surface area contributed by atoms with Crippen molar-refractivity contribution in [1.29, 1.82) is 0 Å². The fraction of sp³-hybridized carbons (Fsp3) is 0.786. The number of aromatic nitrogens is 2. The number of nitrogens with two attached hydrogens (primary N) is 1. The van der Waals surface area contributed by atoms with E-state index in [4.69, 9.17) is 5.73 Å². The number of nitrogens with zero attached hydrogens (tertiary/aromatic N) is 1. The fourth-order valence-corrected chi connectivity index (χ4v) is 5.62. The number of thioether (sulfide) groups is 1. The first kappa shape index (κ1) is 11.2. The maximum Gasteiger partial charge on any atom is 0.141 e. The molecule has 0 amide bonds. The van der Waals surface area contributed by atoms with Crippen LogP contribution in [0.25, 0.3) is 0 Å². The molecule has 1 aromatic heterocycles. The van der Waals surface area contributed by atoms with E-state index >= 15 is 0 Å². The summed E-state index contributed by atoms with van der Waals surface area (Å²) in [5.74, 6) is 4.46. The van der Waals surface area contributed by atoms with Crippen molar-refractivity contribution in [3.8, 4) is 0 Å². The second-order valence-corrected chi connectivity index (χ2v) is 7.31. The fourth-order valence-electron chi connectivity index (χ4n) is 5.15. The molecule has 0 aromatic carbocycles. The first-order chi connectivity index (χ1) is 8.76. The van der Waals surface area contributed by atoms with Crippen molar-refractivity contribution in [3.63, 3.8) is 0 Å². The highest BCUT2D eigenvalue weighted by Crippen LogP contribution is 2.60. The minimum absolute atomic E-state index is 0.672. The first-order valence-electron chi connectivity index (χ1n) is 7.14. The molecule has 3 nitrogen and oxygen atoms in total. The van der Waals surface area contributed by atoms with E-state index in [0.29, 0.717) is 5.92 Å². The second-order valence-electron chi connectivity index (χ2n) is 6.52. The van der Waals surface area contributed by atoms with Gasteiger partial charge in [0.1, 0.15) is 5.03 Å². The number of H-pyrrole nitrogens is 1. The normalized spacial score (nSPS) is 41.5. The largest absolute Gasteiger partial charge is 0.395 e. The van der Waals surface area contributed by atoms with E-state index in [1.165, 1.54) is 37.8 Å². The maximum absolute atomic E-state index is 6.28. The molecule has 0 atom stereocenters. The molecular formula is C14H21N3S. The highest BCUT2D eigenvalue weighted by Gasteiger charge is 2.49. The number of nitrogens with one attached hydrogen (secondary N) is 1. The molecule has 0 unspecified atom stereocenters. The van der Waals surface area contributed by atoms with Crippen LogP contribution in [0.3, 0.4) is 0 Å². The summed E-state index contributed by atoms with van der Waals surface area (Å²) in [6.45, 7) is 0. The molecule has 0 aliphatic heterocycles. The zero-order chi connectivity index (χ0) is 12.3. The van der Waals surface area contributed by atoms with E-state index < -0.39 is 0 Å². The van der Waals surface area contributed by atoms with Gasteiger partial charge in [-0.1, -0.05) is 0 Å². The smallest absolute Gasteiger partial charge is 0.141 e. The van der Waals surface area contributed by atoms with Crippen LogP contribution in [-0.2, 0) is 0 Å². The van der Waals surface area contributed by atoms with E-state index in [-0.39, 0.29) is 0 Å². The second kappa shape index (κ2) is 3.92. The Bertz CT molecular complexity index is 440. The van der Waals surface area contributed by atoms with Gasteiger partial charge in [0.2, 0.25) is 0 Å². The third-order valence-corrected chi connectivity index (χ3v) is 6.25. The topological polar surface area (TPSA) is 54.7 Å². The summed E-state index contributed by atoms with van der Waals surface area (Å²) < 4.78 is 0. The Balaban J connectivity index is 1.70. The molecule has 0 radical (unpaired) electrons. The van der Waals surface area contributed by atoms with Crippen molar-refractivity contribution in [3.05, 3.63) is 5.69 Å². The molecule has 4 aliphatic rings. The van der Waals surface area contributed by atoms with Gasteiger partial charge >= 0.3 is 0 Å². The number of anilines is 1. The van der Waals surface area contributed by atoms with E-state index in [2.05, 4.69) is 10.2 Å². The molecule has 0 spiro atoms. The lowest BCUT2D eigenvalue weighted by atomic mass is 9.51. The molecule has 4 saturated carbocycles. The number of rotatable bonds is 2. The summed E-state index contributed by atoms with van der Waals surface area (Å²) in [6.07, 6.45) is 9.30. The van der Waals surface area contributed by atoms with E-state index in [0.717, 1.165) is 34.4 Å². The average molecular weight is 263 g/mol. The number of hydrogen-bond donors (Lipinski definition) is 2. The van der Waals surface area contributed by atoms with Crippen LogP contribution in [0, 0.1) is 23.7 Å². The zero-order valence-corrected chi connectivity index (χ0v) is 11.7. The molecular weight excluding hydrogens is 242 g/mol. The van der Waals surface area contributed by atoms with Crippen LogP contribution in [0.4, 0.5) is 5.69 Å². The Kier molecular flexibility index (Phi) is 2.44. The molecule has 1 heterocycles. The summed E-state index contributed by atoms with van der Waals surface area (Å²) in [4.78, 5) is 0. The predicted octanol–water partition coefficient (Wildman–Crippen LogP) is 3.25. The van der Waals surface area contributed by atoms with Crippen molar-refractivity contribution in [1.82, 2.24) is 10.2 Å². The van der Waals surface area contributed by atoms with Gasteiger partial charge in [-0.25, -0.2) is 0 Å². The van der Waals surface area contributed by atoms with Crippen molar-refractivity contribution >= 4 is 17.4 Å². The van der Waals surface area contributed by atoms with Gasteiger partial charge in [-0.3, -0.25) is 5.10 Å². The van der Waals surface area contributed by atoms with Crippen LogP contribution in [-0.4, -0.2) is 16.5 Å². The standard InChI is InChI=1S/C14H21N3S/c1-18-14-12(15)13(16-17-14)11-9-3-7-2-8(5-9)6-10(11)4-7/h7-11H,2-6,15H2,1H3,(H,16,17). The molecule has 18 heavy (non-hydrogen) atoms. The molecule has 4 fully saturated rings. The molecule has 0 saturated heterocycles. The molecule has 98 valence electrons. The number of hydrogen-bond acceptors (Lipinski definition) is 3. The predicted molar refractivity (Wildman–Crippen MR) is 74.6 cm³/mol. The summed E-state index contributed by atoms with van der Waals surface area (Å²) in [6, 6.07) is 0. The Morgan fingerprint density at radius 2 is 1.72 bits per heavy atom. The summed E-state index contributed by atoms with van der Waals surface area (Å²) in [5, 5.41) is 8.62. The third kappa shape index (κ3) is 1.47. The van der Waals surface area contributed by atoms with Crippen LogP contribution in [0.15, 0.2) is 5.03 Å². The van der Waals surface area contributed by atoms with Gasteiger partial charge in [0.15, 0.2) is 0 Å². The van der Waals surface area contributed by atoms with Crippen molar-refractivity contribution in [2.75, 3.05) is 12.0 Å². The lowest BCUT2D eigenvalue weighted by Gasteiger charge is -2.54. The van der Waals surface area contributed by atoms with Crippen molar-refractivity contribution in [2.24, 2.45) is 23.7 Å².